The molecule has 1 aliphatic heterocycles. The van der Waals surface area contributed by atoms with Crippen molar-refractivity contribution in [3.05, 3.63) is 47.2 Å². The van der Waals surface area contributed by atoms with Crippen LogP contribution < -0.4 is 4.90 Å². The molecule has 1 aliphatic carbocycles. The molecule has 0 saturated carbocycles. The Labute approximate surface area is 142 Å². The maximum Gasteiger partial charge on any atom is 0.146 e. The van der Waals surface area contributed by atoms with Gasteiger partial charge in [0.2, 0.25) is 0 Å². The first-order chi connectivity index (χ1) is 11.8. The van der Waals surface area contributed by atoms with Gasteiger partial charge in [0.25, 0.3) is 0 Å². The van der Waals surface area contributed by atoms with Crippen molar-refractivity contribution in [2.24, 2.45) is 0 Å². The predicted octanol–water partition coefficient (Wildman–Crippen LogP) is 3.01. The van der Waals surface area contributed by atoms with Crippen molar-refractivity contribution < 1.29 is 0 Å². The van der Waals surface area contributed by atoms with Gasteiger partial charge in [-0.1, -0.05) is 0 Å². The van der Waals surface area contributed by atoms with E-state index in [4.69, 9.17) is 4.98 Å². The number of nitriles is 1. The average molecular weight is 319 g/mol. The van der Waals surface area contributed by atoms with Crippen LogP contribution in [0.1, 0.15) is 54.1 Å². The molecule has 0 N–H and O–H groups in total. The van der Waals surface area contributed by atoms with E-state index in [9.17, 15) is 5.26 Å². The van der Waals surface area contributed by atoms with Crippen LogP contribution in [0.25, 0.3) is 0 Å². The van der Waals surface area contributed by atoms with E-state index in [1.807, 2.05) is 12.3 Å². The summed E-state index contributed by atoms with van der Waals surface area (Å²) in [6, 6.07) is 6.45. The molecule has 1 saturated heterocycles. The molecule has 0 unspecified atom stereocenters. The third-order valence-electron chi connectivity index (χ3n) is 5.22. The molecule has 4 rings (SSSR count). The quantitative estimate of drug-likeness (QED) is 0.851. The van der Waals surface area contributed by atoms with Crippen LogP contribution in [0.15, 0.2) is 24.7 Å². The fourth-order valence-corrected chi connectivity index (χ4v) is 3.88. The molecule has 0 radical (unpaired) electrons. The Kier molecular flexibility index (Phi) is 4.12. The minimum atomic E-state index is 0.479. The average Bonchev–Trinajstić information content (AvgIpc) is 2.68. The number of aromatic nitrogens is 3. The summed E-state index contributed by atoms with van der Waals surface area (Å²) in [6.07, 6.45) is 10.1. The van der Waals surface area contributed by atoms with Crippen LogP contribution in [0.4, 0.5) is 5.82 Å². The van der Waals surface area contributed by atoms with Gasteiger partial charge in [-0.15, -0.1) is 0 Å². The van der Waals surface area contributed by atoms with Gasteiger partial charge in [0.05, 0.1) is 5.56 Å². The van der Waals surface area contributed by atoms with Crippen molar-refractivity contribution in [3.8, 4) is 6.07 Å². The number of hydrogen-bond donors (Lipinski definition) is 0. The van der Waals surface area contributed by atoms with Gasteiger partial charge in [-0.25, -0.2) is 15.0 Å². The summed E-state index contributed by atoms with van der Waals surface area (Å²) in [7, 11) is 0. The molecule has 5 nitrogen and oxygen atoms in total. The van der Waals surface area contributed by atoms with Crippen molar-refractivity contribution >= 4 is 5.82 Å². The Bertz CT molecular complexity index is 757. The number of aryl methyl sites for hydroxylation is 2. The van der Waals surface area contributed by atoms with Crippen molar-refractivity contribution in [2.75, 3.05) is 18.0 Å². The van der Waals surface area contributed by atoms with E-state index < -0.39 is 0 Å². The lowest BCUT2D eigenvalue weighted by atomic mass is 9.92. The van der Waals surface area contributed by atoms with E-state index in [2.05, 4.69) is 27.0 Å². The molecule has 0 bridgehead atoms. The fourth-order valence-electron chi connectivity index (χ4n) is 3.88. The third-order valence-corrected chi connectivity index (χ3v) is 5.22. The minimum Gasteiger partial charge on any atom is -0.355 e. The van der Waals surface area contributed by atoms with Crippen LogP contribution in [-0.2, 0) is 12.8 Å². The molecule has 2 aromatic heterocycles. The smallest absolute Gasteiger partial charge is 0.146 e. The largest absolute Gasteiger partial charge is 0.355 e. The molecule has 1 fully saturated rings. The second-order valence-electron chi connectivity index (χ2n) is 6.68. The molecular weight excluding hydrogens is 298 g/mol. The van der Waals surface area contributed by atoms with E-state index in [1.165, 1.54) is 24.1 Å². The first-order valence-electron chi connectivity index (χ1n) is 8.79. The third kappa shape index (κ3) is 2.84. The van der Waals surface area contributed by atoms with Gasteiger partial charge in [0.15, 0.2) is 0 Å². The van der Waals surface area contributed by atoms with Crippen LogP contribution in [0, 0.1) is 11.3 Å². The predicted molar refractivity (Wildman–Crippen MR) is 91.8 cm³/mol. The fraction of sp³-hybridized carbons (Fsp3) is 0.474. The Morgan fingerprint density at radius 2 is 2.00 bits per heavy atom. The standard InChI is InChI=1S/C19H21N5/c20-12-16-11-15-3-1-2-4-18(15)23-19(16)24-9-6-14(7-10-24)17-5-8-21-13-22-17/h5,8,11,13-14H,1-4,6-7,9-10H2. The normalized spacial score (nSPS) is 18.0. The maximum atomic E-state index is 9.55. The zero-order valence-electron chi connectivity index (χ0n) is 13.8. The summed E-state index contributed by atoms with van der Waals surface area (Å²) in [5.74, 6) is 1.37. The van der Waals surface area contributed by atoms with Gasteiger partial charge < -0.3 is 4.90 Å². The van der Waals surface area contributed by atoms with E-state index in [0.29, 0.717) is 5.92 Å². The molecule has 24 heavy (non-hydrogen) atoms. The van der Waals surface area contributed by atoms with E-state index in [0.717, 1.165) is 55.8 Å². The molecule has 3 heterocycles. The SMILES string of the molecule is N#Cc1cc2c(nc1N1CCC(c3ccncn3)CC1)CCCC2. The number of pyridine rings is 1. The van der Waals surface area contributed by atoms with Crippen molar-refractivity contribution in [3.63, 3.8) is 0 Å². The number of fused-ring (bicyclic) bond motifs is 1. The highest BCUT2D eigenvalue weighted by Crippen LogP contribution is 2.32. The number of nitrogens with zero attached hydrogens (tertiary/aromatic N) is 5. The molecule has 0 amide bonds. The van der Waals surface area contributed by atoms with Crippen LogP contribution in [0.2, 0.25) is 0 Å². The summed E-state index contributed by atoms with van der Waals surface area (Å²) in [4.78, 5) is 15.6. The van der Waals surface area contributed by atoms with Gasteiger partial charge in [-0.05, 0) is 56.2 Å². The topological polar surface area (TPSA) is 65.7 Å². The van der Waals surface area contributed by atoms with Crippen LogP contribution in [0.3, 0.4) is 0 Å². The van der Waals surface area contributed by atoms with Crippen molar-refractivity contribution in [1.29, 1.82) is 5.26 Å². The molecule has 0 spiro atoms. The Hall–Kier alpha value is -2.48. The highest BCUT2D eigenvalue weighted by molar-refractivity contribution is 5.56. The first kappa shape index (κ1) is 15.1. The Balaban J connectivity index is 1.54. The van der Waals surface area contributed by atoms with Gasteiger partial charge in [-0.3, -0.25) is 0 Å². The second kappa shape index (κ2) is 6.56. The number of hydrogen-bond acceptors (Lipinski definition) is 5. The number of piperidine rings is 1. The van der Waals surface area contributed by atoms with Crippen LogP contribution in [0.5, 0.6) is 0 Å². The summed E-state index contributed by atoms with van der Waals surface area (Å²) in [5, 5.41) is 9.55. The lowest BCUT2D eigenvalue weighted by Crippen LogP contribution is -2.34. The highest BCUT2D eigenvalue weighted by atomic mass is 15.2. The summed E-state index contributed by atoms with van der Waals surface area (Å²) >= 11 is 0. The van der Waals surface area contributed by atoms with Gasteiger partial charge in [0.1, 0.15) is 18.2 Å². The van der Waals surface area contributed by atoms with Gasteiger partial charge >= 0.3 is 0 Å². The maximum absolute atomic E-state index is 9.55. The first-order valence-corrected chi connectivity index (χ1v) is 8.79. The zero-order valence-corrected chi connectivity index (χ0v) is 13.8. The summed E-state index contributed by atoms with van der Waals surface area (Å²) < 4.78 is 0. The zero-order chi connectivity index (χ0) is 16.4. The molecule has 0 aromatic carbocycles. The second-order valence-corrected chi connectivity index (χ2v) is 6.68. The van der Waals surface area contributed by atoms with E-state index in [-0.39, 0.29) is 0 Å². The number of rotatable bonds is 2. The van der Waals surface area contributed by atoms with Gasteiger partial charge in [-0.2, -0.15) is 5.26 Å². The Morgan fingerprint density at radius 3 is 2.75 bits per heavy atom. The molecule has 0 atom stereocenters. The van der Waals surface area contributed by atoms with Gasteiger partial charge in [0, 0.05) is 36.6 Å². The molecule has 122 valence electrons. The number of anilines is 1. The summed E-state index contributed by atoms with van der Waals surface area (Å²) in [5.41, 5.74) is 4.34. The van der Waals surface area contributed by atoms with Crippen LogP contribution in [-0.4, -0.2) is 28.0 Å². The highest BCUT2D eigenvalue weighted by Gasteiger charge is 2.25. The summed E-state index contributed by atoms with van der Waals surface area (Å²) in [6.45, 7) is 1.85. The lowest BCUT2D eigenvalue weighted by molar-refractivity contribution is 0.492. The molecule has 5 heteroatoms. The van der Waals surface area contributed by atoms with Crippen molar-refractivity contribution in [2.45, 2.75) is 44.4 Å². The van der Waals surface area contributed by atoms with Crippen LogP contribution >= 0.6 is 0 Å². The van der Waals surface area contributed by atoms with Crippen molar-refractivity contribution in [1.82, 2.24) is 15.0 Å². The molecule has 2 aromatic rings. The lowest BCUT2D eigenvalue weighted by Gasteiger charge is -2.33. The molecule has 2 aliphatic rings. The molecular formula is C19H21N5. The minimum absolute atomic E-state index is 0.479. The monoisotopic (exact) mass is 319 g/mol. The van der Waals surface area contributed by atoms with E-state index in [1.54, 1.807) is 6.33 Å². The Morgan fingerprint density at radius 1 is 1.17 bits per heavy atom. The van der Waals surface area contributed by atoms with E-state index >= 15 is 0 Å².